The molecule has 0 radical (unpaired) electrons. The summed E-state index contributed by atoms with van der Waals surface area (Å²) < 4.78 is 0. The van der Waals surface area contributed by atoms with E-state index in [0.717, 1.165) is 30.1 Å². The van der Waals surface area contributed by atoms with Crippen LogP contribution in [0.1, 0.15) is 86.5 Å². The van der Waals surface area contributed by atoms with Gasteiger partial charge in [-0.25, -0.2) is 0 Å². The van der Waals surface area contributed by atoms with E-state index in [4.69, 9.17) is 5.26 Å². The number of hydrogen-bond donors (Lipinski definition) is 0. The van der Waals surface area contributed by atoms with Gasteiger partial charge in [0.05, 0.1) is 6.07 Å². The topological polar surface area (TPSA) is 23.8 Å². The van der Waals surface area contributed by atoms with E-state index in [1.165, 1.54) is 38.5 Å². The van der Waals surface area contributed by atoms with Gasteiger partial charge < -0.3 is 0 Å². The Morgan fingerprint density at radius 1 is 0.800 bits per heavy atom. The van der Waals surface area contributed by atoms with Crippen molar-refractivity contribution in [1.29, 1.82) is 5.26 Å². The van der Waals surface area contributed by atoms with Crippen LogP contribution in [0.15, 0.2) is 0 Å². The predicted molar refractivity (Wildman–Crippen MR) is 89.4 cm³/mol. The maximum atomic E-state index is 8.85. The molecule has 0 spiro atoms. The molecule has 1 heteroatoms. The van der Waals surface area contributed by atoms with Gasteiger partial charge in [0.2, 0.25) is 0 Å². The van der Waals surface area contributed by atoms with Crippen molar-refractivity contribution in [2.75, 3.05) is 0 Å². The molecule has 5 unspecified atom stereocenters. The Hall–Kier alpha value is -0.510. The highest BCUT2D eigenvalue weighted by atomic mass is 14.3. The molecule has 0 N–H and O–H groups in total. The van der Waals surface area contributed by atoms with E-state index in [9.17, 15) is 0 Å². The van der Waals surface area contributed by atoms with Crippen molar-refractivity contribution < 1.29 is 0 Å². The fourth-order valence-electron chi connectivity index (χ4n) is 2.87. The minimum atomic E-state index is 0.221. The third kappa shape index (κ3) is 8.62. The van der Waals surface area contributed by atoms with Gasteiger partial charge in [-0.1, -0.05) is 60.3 Å². The van der Waals surface area contributed by atoms with Crippen molar-refractivity contribution in [2.45, 2.75) is 86.5 Å². The van der Waals surface area contributed by atoms with E-state index in [1.807, 2.05) is 6.92 Å². The van der Waals surface area contributed by atoms with E-state index < -0.39 is 0 Å². The van der Waals surface area contributed by atoms with Crippen LogP contribution in [0.3, 0.4) is 0 Å². The van der Waals surface area contributed by atoms with Gasteiger partial charge in [0, 0.05) is 5.92 Å². The van der Waals surface area contributed by atoms with Gasteiger partial charge in [-0.05, 0) is 49.9 Å². The largest absolute Gasteiger partial charge is 0.198 e. The Balaban J connectivity index is 3.99. The van der Waals surface area contributed by atoms with Gasteiger partial charge in [-0.2, -0.15) is 5.26 Å². The first-order valence-corrected chi connectivity index (χ1v) is 8.84. The normalized spacial score (nSPS) is 18.9. The van der Waals surface area contributed by atoms with Crippen LogP contribution in [0.25, 0.3) is 0 Å². The summed E-state index contributed by atoms with van der Waals surface area (Å²) >= 11 is 0. The summed E-state index contributed by atoms with van der Waals surface area (Å²) in [7, 11) is 0. The van der Waals surface area contributed by atoms with Crippen molar-refractivity contribution in [1.82, 2.24) is 0 Å². The molecule has 0 aliphatic rings. The Morgan fingerprint density at radius 3 is 1.80 bits per heavy atom. The minimum absolute atomic E-state index is 0.221. The highest BCUT2D eigenvalue weighted by molar-refractivity contribution is 4.79. The van der Waals surface area contributed by atoms with Crippen LogP contribution >= 0.6 is 0 Å². The zero-order valence-corrected chi connectivity index (χ0v) is 14.8. The second-order valence-corrected chi connectivity index (χ2v) is 7.16. The molecule has 0 bridgehead atoms. The van der Waals surface area contributed by atoms with E-state index in [-0.39, 0.29) is 5.92 Å². The smallest absolute Gasteiger partial charge is 0.0652 e. The van der Waals surface area contributed by atoms with Gasteiger partial charge in [0.25, 0.3) is 0 Å². The number of nitrogens with zero attached hydrogens (tertiary/aromatic N) is 1. The Labute approximate surface area is 128 Å². The highest BCUT2D eigenvalue weighted by Gasteiger charge is 2.16. The minimum Gasteiger partial charge on any atom is -0.198 e. The molecule has 0 aliphatic carbocycles. The second-order valence-electron chi connectivity index (χ2n) is 7.16. The standard InChI is InChI=1S/C19H37N/c1-7-15(3)13-19(8-2)12-11-18(6)17(5)10-9-16(4)14-20/h15-19H,7-13H2,1-6H3. The van der Waals surface area contributed by atoms with Gasteiger partial charge >= 0.3 is 0 Å². The summed E-state index contributed by atoms with van der Waals surface area (Å²) in [4.78, 5) is 0. The highest BCUT2D eigenvalue weighted by Crippen LogP contribution is 2.28. The van der Waals surface area contributed by atoms with Crippen LogP contribution in [-0.4, -0.2) is 0 Å². The van der Waals surface area contributed by atoms with Crippen LogP contribution < -0.4 is 0 Å². The molecule has 0 aliphatic heterocycles. The molecular weight excluding hydrogens is 242 g/mol. The molecule has 1 nitrogen and oxygen atoms in total. The van der Waals surface area contributed by atoms with E-state index in [2.05, 4.69) is 40.7 Å². The van der Waals surface area contributed by atoms with E-state index in [0.29, 0.717) is 0 Å². The van der Waals surface area contributed by atoms with Crippen molar-refractivity contribution in [2.24, 2.45) is 29.6 Å². The van der Waals surface area contributed by atoms with Crippen LogP contribution in [-0.2, 0) is 0 Å². The van der Waals surface area contributed by atoms with Crippen LogP contribution in [0, 0.1) is 40.9 Å². The summed E-state index contributed by atoms with van der Waals surface area (Å²) in [6, 6.07) is 2.35. The number of nitriles is 1. The third-order valence-corrected chi connectivity index (χ3v) is 5.29. The molecule has 0 heterocycles. The summed E-state index contributed by atoms with van der Waals surface area (Å²) in [5.74, 6) is 3.57. The first kappa shape index (κ1) is 19.5. The summed E-state index contributed by atoms with van der Waals surface area (Å²) in [6.45, 7) is 13.8. The Morgan fingerprint density at radius 2 is 1.35 bits per heavy atom. The summed E-state index contributed by atoms with van der Waals surface area (Å²) in [5.41, 5.74) is 0. The fourth-order valence-corrected chi connectivity index (χ4v) is 2.87. The van der Waals surface area contributed by atoms with Crippen LogP contribution in [0.4, 0.5) is 0 Å². The van der Waals surface area contributed by atoms with Gasteiger partial charge in [-0.3, -0.25) is 0 Å². The molecule has 0 rings (SSSR count). The Bertz CT molecular complexity index is 265. The fraction of sp³-hybridized carbons (Fsp3) is 0.947. The monoisotopic (exact) mass is 279 g/mol. The second kappa shape index (κ2) is 11.2. The molecule has 0 aromatic rings. The van der Waals surface area contributed by atoms with Gasteiger partial charge in [0.1, 0.15) is 0 Å². The molecule has 0 amide bonds. The summed E-state index contributed by atoms with van der Waals surface area (Å²) in [5, 5.41) is 8.85. The molecule has 0 aromatic heterocycles. The van der Waals surface area contributed by atoms with Crippen LogP contribution in [0.5, 0.6) is 0 Å². The SMILES string of the molecule is CCC(C)CC(CC)CCC(C)C(C)CCC(C)C#N. The first-order valence-electron chi connectivity index (χ1n) is 8.84. The summed E-state index contributed by atoms with van der Waals surface area (Å²) in [6.07, 6.45) is 9.06. The van der Waals surface area contributed by atoms with Crippen molar-refractivity contribution >= 4 is 0 Å². The molecule has 118 valence electrons. The number of hydrogen-bond acceptors (Lipinski definition) is 1. The van der Waals surface area contributed by atoms with E-state index >= 15 is 0 Å². The molecule has 20 heavy (non-hydrogen) atoms. The van der Waals surface area contributed by atoms with E-state index in [1.54, 1.807) is 0 Å². The molecule has 0 fully saturated rings. The predicted octanol–water partition coefficient (Wildman–Crippen LogP) is 6.44. The lowest BCUT2D eigenvalue weighted by Gasteiger charge is -2.24. The van der Waals surface area contributed by atoms with Crippen LogP contribution in [0.2, 0.25) is 0 Å². The molecule has 0 saturated heterocycles. The average Bonchev–Trinajstić information content (AvgIpc) is 2.47. The molecular formula is C19H37N. The third-order valence-electron chi connectivity index (χ3n) is 5.29. The van der Waals surface area contributed by atoms with Crippen molar-refractivity contribution in [3.05, 3.63) is 0 Å². The zero-order valence-electron chi connectivity index (χ0n) is 14.8. The maximum absolute atomic E-state index is 8.85. The quantitative estimate of drug-likeness (QED) is 0.427. The first-order chi connectivity index (χ1) is 9.44. The lowest BCUT2D eigenvalue weighted by molar-refractivity contribution is 0.276. The van der Waals surface area contributed by atoms with Gasteiger partial charge in [-0.15, -0.1) is 0 Å². The van der Waals surface area contributed by atoms with Gasteiger partial charge in [0.15, 0.2) is 0 Å². The average molecular weight is 280 g/mol. The Kier molecular flexibility index (Phi) is 10.9. The zero-order chi connectivity index (χ0) is 15.5. The lowest BCUT2D eigenvalue weighted by atomic mass is 9.82. The molecule has 0 saturated carbocycles. The maximum Gasteiger partial charge on any atom is 0.0652 e. The lowest BCUT2D eigenvalue weighted by Crippen LogP contribution is -2.12. The van der Waals surface area contributed by atoms with Crippen molar-refractivity contribution in [3.8, 4) is 6.07 Å². The molecule has 0 aromatic carbocycles. The molecule has 5 atom stereocenters. The number of rotatable bonds is 11. The van der Waals surface area contributed by atoms with Crippen molar-refractivity contribution in [3.63, 3.8) is 0 Å².